The zero-order chi connectivity index (χ0) is 14.8. The van der Waals surface area contributed by atoms with E-state index in [4.69, 9.17) is 0 Å². The zero-order valence-electron chi connectivity index (χ0n) is 12.4. The molecule has 1 aliphatic carbocycles. The molecule has 2 atom stereocenters. The molecule has 2 heterocycles. The summed E-state index contributed by atoms with van der Waals surface area (Å²) in [5, 5.41) is 3.20. The Balaban J connectivity index is 1.88. The number of amides is 1. The number of nitrogens with one attached hydrogen (secondary N) is 1. The van der Waals surface area contributed by atoms with E-state index in [0.29, 0.717) is 23.3 Å². The fourth-order valence-corrected chi connectivity index (χ4v) is 4.10. The van der Waals surface area contributed by atoms with E-state index in [-0.39, 0.29) is 5.91 Å². The van der Waals surface area contributed by atoms with Crippen LogP contribution in [-0.2, 0) is 0 Å². The Hall–Kier alpha value is -1.10. The normalized spacial score (nSPS) is 24.8. The van der Waals surface area contributed by atoms with Gasteiger partial charge in [-0.2, -0.15) is 0 Å². The Labute approximate surface area is 134 Å². The summed E-state index contributed by atoms with van der Waals surface area (Å²) in [4.78, 5) is 19.5. The summed E-state index contributed by atoms with van der Waals surface area (Å²) in [5.41, 5.74) is 0.693. The summed E-state index contributed by atoms with van der Waals surface area (Å²) >= 11 is 3.44. The van der Waals surface area contributed by atoms with E-state index in [2.05, 4.69) is 31.1 Å². The van der Waals surface area contributed by atoms with Crippen LogP contribution in [0.2, 0.25) is 0 Å². The van der Waals surface area contributed by atoms with Gasteiger partial charge < -0.3 is 10.2 Å². The summed E-state index contributed by atoms with van der Waals surface area (Å²) in [6.45, 7) is 3.67. The van der Waals surface area contributed by atoms with E-state index in [9.17, 15) is 4.79 Å². The number of likely N-dealkylation sites (tertiary alicyclic amines) is 1. The standard InChI is InChI=1S/C16H22BrN3O/c1-2-18-15-13(9-12(17)10-19-15)16(21)20-8-4-6-11-5-3-7-14(11)20/h9-11,14H,2-8H2,1H3,(H,18,19). The van der Waals surface area contributed by atoms with Crippen molar-refractivity contribution in [3.8, 4) is 0 Å². The maximum Gasteiger partial charge on any atom is 0.257 e. The molecule has 2 fully saturated rings. The average molecular weight is 352 g/mol. The van der Waals surface area contributed by atoms with Crippen molar-refractivity contribution < 1.29 is 4.79 Å². The SMILES string of the molecule is CCNc1ncc(Br)cc1C(=O)N1CCCC2CCCC21. The van der Waals surface area contributed by atoms with E-state index in [0.717, 1.165) is 30.4 Å². The van der Waals surface area contributed by atoms with Gasteiger partial charge in [-0.15, -0.1) is 0 Å². The Morgan fingerprint density at radius 2 is 2.24 bits per heavy atom. The van der Waals surface area contributed by atoms with Crippen LogP contribution in [0.4, 0.5) is 5.82 Å². The lowest BCUT2D eigenvalue weighted by molar-refractivity contribution is 0.0549. The van der Waals surface area contributed by atoms with Crippen LogP contribution < -0.4 is 5.32 Å². The highest BCUT2D eigenvalue weighted by Crippen LogP contribution is 2.37. The van der Waals surface area contributed by atoms with Gasteiger partial charge in [0, 0.05) is 29.8 Å². The minimum Gasteiger partial charge on any atom is -0.370 e. The maximum atomic E-state index is 13.0. The van der Waals surface area contributed by atoms with Crippen LogP contribution in [-0.4, -0.2) is 34.9 Å². The topological polar surface area (TPSA) is 45.2 Å². The molecule has 21 heavy (non-hydrogen) atoms. The maximum absolute atomic E-state index is 13.0. The van der Waals surface area contributed by atoms with Crippen molar-refractivity contribution in [3.05, 3.63) is 22.3 Å². The number of pyridine rings is 1. The minimum atomic E-state index is 0.136. The van der Waals surface area contributed by atoms with Gasteiger partial charge in [0.05, 0.1) is 5.56 Å². The summed E-state index contributed by atoms with van der Waals surface area (Å²) in [6.07, 6.45) is 7.86. The number of hydrogen-bond acceptors (Lipinski definition) is 3. The highest BCUT2D eigenvalue weighted by atomic mass is 79.9. The van der Waals surface area contributed by atoms with Crippen molar-refractivity contribution >= 4 is 27.7 Å². The predicted octanol–water partition coefficient (Wildman–Crippen LogP) is 3.68. The Morgan fingerprint density at radius 3 is 3.05 bits per heavy atom. The molecular weight excluding hydrogens is 330 g/mol. The Morgan fingerprint density at radius 1 is 1.43 bits per heavy atom. The van der Waals surface area contributed by atoms with Crippen molar-refractivity contribution in [2.75, 3.05) is 18.4 Å². The number of fused-ring (bicyclic) bond motifs is 1. The van der Waals surface area contributed by atoms with Crippen molar-refractivity contribution in [2.24, 2.45) is 5.92 Å². The molecule has 4 nitrogen and oxygen atoms in total. The van der Waals surface area contributed by atoms with Crippen LogP contribution in [0.15, 0.2) is 16.7 Å². The predicted molar refractivity (Wildman–Crippen MR) is 87.5 cm³/mol. The molecule has 1 N–H and O–H groups in total. The highest BCUT2D eigenvalue weighted by molar-refractivity contribution is 9.10. The molecule has 1 amide bonds. The van der Waals surface area contributed by atoms with Gasteiger partial charge in [0.25, 0.3) is 5.91 Å². The third-order valence-electron chi connectivity index (χ3n) is 4.68. The number of aromatic nitrogens is 1. The quantitative estimate of drug-likeness (QED) is 0.903. The minimum absolute atomic E-state index is 0.136. The van der Waals surface area contributed by atoms with Gasteiger partial charge >= 0.3 is 0 Å². The molecule has 0 aromatic carbocycles. The second kappa shape index (κ2) is 6.34. The number of nitrogens with zero attached hydrogens (tertiary/aromatic N) is 2. The second-order valence-corrected chi connectivity index (χ2v) is 6.89. The first kappa shape index (κ1) is 14.8. The Kier molecular flexibility index (Phi) is 4.48. The Bertz CT molecular complexity index is 534. The number of anilines is 1. The number of carbonyl (C=O) groups excluding carboxylic acids is 1. The number of halogens is 1. The molecule has 2 aliphatic rings. The third-order valence-corrected chi connectivity index (χ3v) is 5.12. The van der Waals surface area contributed by atoms with Gasteiger partial charge in [-0.3, -0.25) is 4.79 Å². The molecule has 1 saturated heterocycles. The summed E-state index contributed by atoms with van der Waals surface area (Å²) in [6, 6.07) is 2.34. The van der Waals surface area contributed by atoms with Crippen LogP contribution in [0.5, 0.6) is 0 Å². The van der Waals surface area contributed by atoms with Crippen molar-refractivity contribution in [1.29, 1.82) is 0 Å². The number of rotatable bonds is 3. The van der Waals surface area contributed by atoms with Crippen LogP contribution in [0.25, 0.3) is 0 Å². The lowest BCUT2D eigenvalue weighted by atomic mass is 9.91. The number of carbonyl (C=O) groups is 1. The van der Waals surface area contributed by atoms with Crippen LogP contribution in [0.3, 0.4) is 0 Å². The van der Waals surface area contributed by atoms with Gasteiger partial charge in [-0.05, 0) is 60.5 Å². The molecule has 1 saturated carbocycles. The van der Waals surface area contributed by atoms with Gasteiger partial charge in [-0.25, -0.2) is 4.98 Å². The lowest BCUT2D eigenvalue weighted by Crippen LogP contribution is -2.46. The molecule has 1 aliphatic heterocycles. The van der Waals surface area contributed by atoms with E-state index in [1.165, 1.54) is 19.3 Å². The first-order valence-corrected chi connectivity index (χ1v) is 8.70. The van der Waals surface area contributed by atoms with Crippen LogP contribution in [0.1, 0.15) is 49.4 Å². The summed E-state index contributed by atoms with van der Waals surface area (Å²) in [7, 11) is 0. The van der Waals surface area contributed by atoms with E-state index in [1.54, 1.807) is 6.20 Å². The fourth-order valence-electron chi connectivity index (χ4n) is 3.77. The third kappa shape index (κ3) is 2.93. The van der Waals surface area contributed by atoms with Crippen molar-refractivity contribution in [1.82, 2.24) is 9.88 Å². The first-order valence-electron chi connectivity index (χ1n) is 7.91. The molecule has 2 unspecified atom stereocenters. The molecular formula is C16H22BrN3O. The summed E-state index contributed by atoms with van der Waals surface area (Å²) < 4.78 is 0.854. The van der Waals surface area contributed by atoms with E-state index >= 15 is 0 Å². The molecule has 114 valence electrons. The summed E-state index contributed by atoms with van der Waals surface area (Å²) in [5.74, 6) is 1.55. The average Bonchev–Trinajstić information content (AvgIpc) is 2.97. The van der Waals surface area contributed by atoms with Gasteiger partial charge in [0.15, 0.2) is 0 Å². The smallest absolute Gasteiger partial charge is 0.257 e. The van der Waals surface area contributed by atoms with E-state index in [1.807, 2.05) is 13.0 Å². The highest BCUT2D eigenvalue weighted by Gasteiger charge is 2.38. The molecule has 3 rings (SSSR count). The van der Waals surface area contributed by atoms with Crippen molar-refractivity contribution in [2.45, 2.75) is 45.1 Å². The largest absolute Gasteiger partial charge is 0.370 e. The molecule has 0 radical (unpaired) electrons. The number of hydrogen-bond donors (Lipinski definition) is 1. The van der Waals surface area contributed by atoms with Crippen molar-refractivity contribution in [3.63, 3.8) is 0 Å². The van der Waals surface area contributed by atoms with Gasteiger partial charge in [-0.1, -0.05) is 6.42 Å². The van der Waals surface area contributed by atoms with Gasteiger partial charge in [0.2, 0.25) is 0 Å². The second-order valence-electron chi connectivity index (χ2n) is 5.98. The molecule has 1 aromatic heterocycles. The van der Waals surface area contributed by atoms with Gasteiger partial charge in [0.1, 0.15) is 5.82 Å². The lowest BCUT2D eigenvalue weighted by Gasteiger charge is -2.38. The number of piperidine rings is 1. The zero-order valence-corrected chi connectivity index (χ0v) is 14.0. The van der Waals surface area contributed by atoms with E-state index < -0.39 is 0 Å². The molecule has 1 aromatic rings. The molecule has 5 heteroatoms. The van der Waals surface area contributed by atoms with Crippen LogP contribution in [0, 0.1) is 5.92 Å². The van der Waals surface area contributed by atoms with Crippen LogP contribution >= 0.6 is 15.9 Å². The fraction of sp³-hybridized carbons (Fsp3) is 0.625. The monoisotopic (exact) mass is 351 g/mol. The molecule has 0 bridgehead atoms. The molecule has 0 spiro atoms. The first-order chi connectivity index (χ1) is 10.2.